The third kappa shape index (κ3) is 6.16. The molecule has 1 amide bonds. The van der Waals surface area contributed by atoms with Gasteiger partial charge in [-0.05, 0) is 0 Å². The SMILES string of the molecule is COC(=O)C[C@H](NC(=O)CC(CN)OC)C(=O)O. The van der Waals surface area contributed by atoms with Gasteiger partial charge in [-0.15, -0.1) is 0 Å². The summed E-state index contributed by atoms with van der Waals surface area (Å²) < 4.78 is 9.23. The monoisotopic (exact) mass is 262 g/mol. The Hall–Kier alpha value is -1.67. The van der Waals surface area contributed by atoms with Gasteiger partial charge in [-0.25, -0.2) is 4.79 Å². The maximum Gasteiger partial charge on any atom is 0.326 e. The smallest absolute Gasteiger partial charge is 0.326 e. The first-order chi connectivity index (χ1) is 8.44. The Kier molecular flexibility index (Phi) is 7.64. The molecule has 0 aliphatic carbocycles. The van der Waals surface area contributed by atoms with Gasteiger partial charge in [0.1, 0.15) is 6.04 Å². The second-order valence-electron chi connectivity index (χ2n) is 3.54. The summed E-state index contributed by atoms with van der Waals surface area (Å²) in [5, 5.41) is 11.0. The van der Waals surface area contributed by atoms with Crippen LogP contribution < -0.4 is 11.1 Å². The highest BCUT2D eigenvalue weighted by molar-refractivity contribution is 5.87. The lowest BCUT2D eigenvalue weighted by atomic mass is 10.2. The first-order valence-electron chi connectivity index (χ1n) is 5.26. The lowest BCUT2D eigenvalue weighted by molar-refractivity contribution is -0.149. The first-order valence-corrected chi connectivity index (χ1v) is 5.26. The second kappa shape index (κ2) is 8.43. The van der Waals surface area contributed by atoms with Crippen molar-refractivity contribution in [2.75, 3.05) is 20.8 Å². The minimum absolute atomic E-state index is 0.0715. The number of ether oxygens (including phenoxy) is 2. The molecule has 18 heavy (non-hydrogen) atoms. The summed E-state index contributed by atoms with van der Waals surface area (Å²) in [6.07, 6.45) is -0.993. The highest BCUT2D eigenvalue weighted by atomic mass is 16.5. The number of esters is 1. The van der Waals surface area contributed by atoms with Gasteiger partial charge >= 0.3 is 11.9 Å². The van der Waals surface area contributed by atoms with Gasteiger partial charge in [-0.2, -0.15) is 0 Å². The fourth-order valence-corrected chi connectivity index (χ4v) is 1.17. The lowest BCUT2D eigenvalue weighted by Gasteiger charge is -2.16. The lowest BCUT2D eigenvalue weighted by Crippen LogP contribution is -2.44. The fourth-order valence-electron chi connectivity index (χ4n) is 1.17. The number of hydrogen-bond donors (Lipinski definition) is 3. The molecule has 1 unspecified atom stereocenters. The van der Waals surface area contributed by atoms with Crippen molar-refractivity contribution < 1.29 is 29.0 Å². The zero-order valence-electron chi connectivity index (χ0n) is 10.3. The summed E-state index contributed by atoms with van der Waals surface area (Å²) in [6.45, 7) is 0.138. The van der Waals surface area contributed by atoms with E-state index in [1.54, 1.807) is 0 Å². The predicted octanol–water partition coefficient (Wildman–Crippen LogP) is -1.52. The van der Waals surface area contributed by atoms with Crippen LogP contribution in [0.2, 0.25) is 0 Å². The van der Waals surface area contributed by atoms with Crippen molar-refractivity contribution in [2.45, 2.75) is 25.0 Å². The number of hydrogen-bond acceptors (Lipinski definition) is 6. The minimum atomic E-state index is -1.32. The van der Waals surface area contributed by atoms with E-state index in [-0.39, 0.29) is 13.0 Å². The third-order valence-electron chi connectivity index (χ3n) is 2.24. The summed E-state index contributed by atoms with van der Waals surface area (Å²) in [6, 6.07) is -1.32. The molecular formula is C10H18N2O6. The Bertz CT molecular complexity index is 303. The summed E-state index contributed by atoms with van der Waals surface area (Å²) in [5.41, 5.74) is 5.33. The van der Waals surface area contributed by atoms with Crippen LogP contribution in [-0.4, -0.2) is 55.9 Å². The fraction of sp³-hybridized carbons (Fsp3) is 0.700. The van der Waals surface area contributed by atoms with Crippen molar-refractivity contribution in [1.82, 2.24) is 5.32 Å². The van der Waals surface area contributed by atoms with Gasteiger partial charge < -0.3 is 25.6 Å². The number of carboxylic acid groups (broad SMARTS) is 1. The standard InChI is InChI=1S/C10H18N2O6/c1-17-6(5-11)3-8(13)12-7(10(15)16)4-9(14)18-2/h6-7H,3-5,11H2,1-2H3,(H,12,13)(H,15,16)/t6?,7-/m0/s1. The van der Waals surface area contributed by atoms with Crippen LogP contribution in [0.15, 0.2) is 0 Å². The van der Waals surface area contributed by atoms with Gasteiger partial charge in [0, 0.05) is 13.7 Å². The van der Waals surface area contributed by atoms with Crippen molar-refractivity contribution in [2.24, 2.45) is 5.73 Å². The van der Waals surface area contributed by atoms with E-state index < -0.39 is 36.4 Å². The molecule has 4 N–H and O–H groups in total. The molecule has 0 radical (unpaired) electrons. The van der Waals surface area contributed by atoms with Crippen LogP contribution in [0.4, 0.5) is 0 Å². The van der Waals surface area contributed by atoms with E-state index in [4.69, 9.17) is 15.6 Å². The number of nitrogens with one attached hydrogen (secondary N) is 1. The molecule has 0 aromatic heterocycles. The molecule has 0 aromatic rings. The van der Waals surface area contributed by atoms with Crippen LogP contribution in [0.3, 0.4) is 0 Å². The molecule has 0 aliphatic heterocycles. The number of rotatable bonds is 8. The van der Waals surface area contributed by atoms with Crippen molar-refractivity contribution in [3.63, 3.8) is 0 Å². The van der Waals surface area contributed by atoms with Crippen LogP contribution >= 0.6 is 0 Å². The van der Waals surface area contributed by atoms with Gasteiger partial charge in [0.2, 0.25) is 5.91 Å². The molecular weight excluding hydrogens is 244 g/mol. The Morgan fingerprint density at radius 1 is 1.28 bits per heavy atom. The number of methoxy groups -OCH3 is 2. The Labute approximate surface area is 104 Å². The van der Waals surface area contributed by atoms with E-state index in [9.17, 15) is 14.4 Å². The summed E-state index contributed by atoms with van der Waals surface area (Å²) in [5.74, 6) is -2.58. The molecule has 2 atom stereocenters. The number of amides is 1. The van der Waals surface area contributed by atoms with Crippen molar-refractivity contribution in [3.05, 3.63) is 0 Å². The molecule has 0 aromatic carbocycles. The van der Waals surface area contributed by atoms with Gasteiger partial charge in [-0.1, -0.05) is 0 Å². The Morgan fingerprint density at radius 3 is 2.28 bits per heavy atom. The molecule has 0 saturated carbocycles. The highest BCUT2D eigenvalue weighted by Gasteiger charge is 2.24. The Balaban J connectivity index is 4.36. The zero-order chi connectivity index (χ0) is 14.1. The molecule has 0 aliphatic rings. The highest BCUT2D eigenvalue weighted by Crippen LogP contribution is 1.99. The number of carboxylic acids is 1. The topological polar surface area (TPSA) is 128 Å². The normalized spacial score (nSPS) is 13.5. The average Bonchev–Trinajstić information content (AvgIpc) is 2.34. The molecule has 0 heterocycles. The molecule has 0 bridgehead atoms. The maximum absolute atomic E-state index is 11.5. The largest absolute Gasteiger partial charge is 0.480 e. The Morgan fingerprint density at radius 2 is 1.89 bits per heavy atom. The molecule has 0 fully saturated rings. The van der Waals surface area contributed by atoms with Gasteiger partial charge in [0.25, 0.3) is 0 Å². The van der Waals surface area contributed by atoms with Crippen molar-refractivity contribution in [3.8, 4) is 0 Å². The van der Waals surface area contributed by atoms with E-state index in [2.05, 4.69) is 10.1 Å². The molecule has 0 spiro atoms. The molecule has 8 heteroatoms. The number of carbonyl (C=O) groups excluding carboxylic acids is 2. The minimum Gasteiger partial charge on any atom is -0.480 e. The number of carbonyl (C=O) groups is 3. The summed E-state index contributed by atoms with van der Waals surface area (Å²) in [4.78, 5) is 33.3. The van der Waals surface area contributed by atoms with Gasteiger partial charge in [-0.3, -0.25) is 9.59 Å². The van der Waals surface area contributed by atoms with Crippen LogP contribution in [0.25, 0.3) is 0 Å². The van der Waals surface area contributed by atoms with Crippen LogP contribution in [0.5, 0.6) is 0 Å². The van der Waals surface area contributed by atoms with Crippen molar-refractivity contribution in [1.29, 1.82) is 0 Å². The predicted molar refractivity (Wildman–Crippen MR) is 60.7 cm³/mol. The maximum atomic E-state index is 11.5. The molecule has 0 saturated heterocycles. The molecule has 0 rings (SSSR count). The van der Waals surface area contributed by atoms with E-state index in [0.717, 1.165) is 7.11 Å². The van der Waals surface area contributed by atoms with Gasteiger partial charge in [0.15, 0.2) is 0 Å². The third-order valence-corrected chi connectivity index (χ3v) is 2.24. The van der Waals surface area contributed by atoms with E-state index in [1.165, 1.54) is 7.11 Å². The number of aliphatic carboxylic acids is 1. The van der Waals surface area contributed by atoms with E-state index in [1.807, 2.05) is 0 Å². The average molecular weight is 262 g/mol. The summed E-state index contributed by atoms with van der Waals surface area (Å²) >= 11 is 0. The molecule has 8 nitrogen and oxygen atoms in total. The van der Waals surface area contributed by atoms with Crippen molar-refractivity contribution >= 4 is 17.8 Å². The van der Waals surface area contributed by atoms with Crippen LogP contribution in [0, 0.1) is 0 Å². The second-order valence-corrected chi connectivity index (χ2v) is 3.54. The zero-order valence-corrected chi connectivity index (χ0v) is 10.3. The quantitative estimate of drug-likeness (QED) is 0.453. The van der Waals surface area contributed by atoms with Crippen LogP contribution in [-0.2, 0) is 23.9 Å². The first kappa shape index (κ1) is 16.3. The van der Waals surface area contributed by atoms with E-state index >= 15 is 0 Å². The van der Waals surface area contributed by atoms with Gasteiger partial charge in [0.05, 0.1) is 26.1 Å². The summed E-state index contributed by atoms with van der Waals surface area (Å²) in [7, 11) is 2.53. The molecule has 104 valence electrons. The van der Waals surface area contributed by atoms with E-state index in [0.29, 0.717) is 0 Å². The number of nitrogens with two attached hydrogens (primary N) is 1. The van der Waals surface area contributed by atoms with Crippen LogP contribution in [0.1, 0.15) is 12.8 Å².